The minimum atomic E-state index is -1.74. The van der Waals surface area contributed by atoms with E-state index in [0.29, 0.717) is 12.0 Å². The summed E-state index contributed by atoms with van der Waals surface area (Å²) in [6.45, 7) is 8.33. The first kappa shape index (κ1) is 19.0. The molecule has 2 aliphatic carbocycles. The summed E-state index contributed by atoms with van der Waals surface area (Å²) in [5, 5.41) is 20.0. The maximum Gasteiger partial charge on any atom is 0.162 e. The first-order valence-electron chi connectivity index (χ1n) is 8.45. The SMILES string of the molecule is CC1(C)CC(=O)C(C2=C(C(C)(O)CO)C(=O)CC(C)(C)C2)C(=O)C1. The van der Waals surface area contributed by atoms with Crippen LogP contribution in [0.4, 0.5) is 0 Å². The van der Waals surface area contributed by atoms with Gasteiger partial charge in [0, 0.05) is 24.8 Å². The second-order valence-corrected chi connectivity index (χ2v) is 9.16. The van der Waals surface area contributed by atoms with Crippen LogP contribution in [0, 0.1) is 16.7 Å². The number of Topliss-reactive ketones (excluding diaryl/α,β-unsaturated/α-hetero) is 3. The molecule has 0 aliphatic heterocycles. The van der Waals surface area contributed by atoms with Crippen LogP contribution < -0.4 is 0 Å². The highest BCUT2D eigenvalue weighted by atomic mass is 16.3. The van der Waals surface area contributed by atoms with Crippen molar-refractivity contribution in [1.29, 1.82) is 0 Å². The van der Waals surface area contributed by atoms with E-state index in [4.69, 9.17) is 0 Å². The standard InChI is InChI=1S/C19H28O5/c1-17(2)6-11(16(14(23)9-17)19(5,24)10-20)15-12(21)7-18(3,4)8-13(15)22/h15,20,24H,6-10H2,1-5H3. The van der Waals surface area contributed by atoms with Gasteiger partial charge in [0.25, 0.3) is 0 Å². The van der Waals surface area contributed by atoms with E-state index in [2.05, 4.69) is 0 Å². The van der Waals surface area contributed by atoms with Gasteiger partial charge in [-0.25, -0.2) is 0 Å². The number of carbonyl (C=O) groups excluding carboxylic acids is 3. The zero-order chi connectivity index (χ0) is 18.5. The lowest BCUT2D eigenvalue weighted by molar-refractivity contribution is -0.138. The molecule has 0 heterocycles. The van der Waals surface area contributed by atoms with Crippen LogP contribution in [0.2, 0.25) is 0 Å². The molecule has 0 aromatic heterocycles. The number of hydrogen-bond acceptors (Lipinski definition) is 5. The van der Waals surface area contributed by atoms with Crippen molar-refractivity contribution in [2.24, 2.45) is 16.7 Å². The predicted molar refractivity (Wildman–Crippen MR) is 89.3 cm³/mol. The van der Waals surface area contributed by atoms with Crippen LogP contribution in [-0.2, 0) is 14.4 Å². The van der Waals surface area contributed by atoms with E-state index in [0.717, 1.165) is 0 Å². The van der Waals surface area contributed by atoms with Crippen LogP contribution >= 0.6 is 0 Å². The summed E-state index contributed by atoms with van der Waals surface area (Å²) >= 11 is 0. The Kier molecular flexibility index (Phi) is 4.66. The zero-order valence-corrected chi connectivity index (χ0v) is 15.2. The fraction of sp³-hybridized carbons (Fsp3) is 0.737. The van der Waals surface area contributed by atoms with Crippen molar-refractivity contribution in [3.05, 3.63) is 11.1 Å². The molecule has 0 amide bonds. The number of allylic oxidation sites excluding steroid dienone is 1. The van der Waals surface area contributed by atoms with E-state index in [9.17, 15) is 24.6 Å². The number of aliphatic hydroxyl groups excluding tert-OH is 1. The summed E-state index contributed by atoms with van der Waals surface area (Å²) in [4.78, 5) is 38.0. The Labute approximate surface area is 143 Å². The van der Waals surface area contributed by atoms with E-state index in [1.807, 2.05) is 27.7 Å². The fourth-order valence-corrected chi connectivity index (χ4v) is 4.12. The Hall–Kier alpha value is -1.33. The third-order valence-corrected chi connectivity index (χ3v) is 5.05. The molecule has 0 bridgehead atoms. The van der Waals surface area contributed by atoms with Crippen molar-refractivity contribution in [3.63, 3.8) is 0 Å². The molecule has 2 aliphatic rings. The Balaban J connectivity index is 2.60. The molecule has 134 valence electrons. The Morgan fingerprint density at radius 1 is 0.958 bits per heavy atom. The van der Waals surface area contributed by atoms with Crippen LogP contribution in [-0.4, -0.2) is 39.8 Å². The molecule has 1 atom stereocenters. The molecule has 5 nitrogen and oxygen atoms in total. The van der Waals surface area contributed by atoms with Crippen LogP contribution in [0.1, 0.15) is 60.3 Å². The van der Waals surface area contributed by atoms with E-state index < -0.39 is 18.1 Å². The number of ketones is 3. The highest BCUT2D eigenvalue weighted by Crippen LogP contribution is 2.46. The van der Waals surface area contributed by atoms with Gasteiger partial charge in [0.15, 0.2) is 5.78 Å². The second kappa shape index (κ2) is 5.88. The molecule has 0 aromatic rings. The number of rotatable bonds is 3. The highest BCUT2D eigenvalue weighted by molar-refractivity contribution is 6.10. The van der Waals surface area contributed by atoms with Gasteiger partial charge < -0.3 is 10.2 Å². The third kappa shape index (κ3) is 3.52. The molecule has 0 spiro atoms. The van der Waals surface area contributed by atoms with E-state index in [-0.39, 0.29) is 53.0 Å². The third-order valence-electron chi connectivity index (χ3n) is 5.05. The van der Waals surface area contributed by atoms with E-state index in [1.165, 1.54) is 6.92 Å². The number of carbonyl (C=O) groups is 3. The zero-order valence-electron chi connectivity index (χ0n) is 15.2. The molecule has 1 saturated carbocycles. The molecule has 5 heteroatoms. The van der Waals surface area contributed by atoms with Crippen molar-refractivity contribution in [2.45, 2.75) is 65.9 Å². The summed E-state index contributed by atoms with van der Waals surface area (Å²) in [7, 11) is 0. The monoisotopic (exact) mass is 336 g/mol. The summed E-state index contributed by atoms with van der Waals surface area (Å²) in [5.74, 6) is -1.63. The second-order valence-electron chi connectivity index (χ2n) is 9.16. The van der Waals surface area contributed by atoms with Crippen molar-refractivity contribution < 1.29 is 24.6 Å². The predicted octanol–water partition coefficient (Wildman–Crippen LogP) is 1.99. The van der Waals surface area contributed by atoms with Crippen molar-refractivity contribution in [2.75, 3.05) is 6.61 Å². The Bertz CT molecular complexity index is 602. The molecule has 1 unspecified atom stereocenters. The van der Waals surface area contributed by atoms with Gasteiger partial charge in [-0.3, -0.25) is 14.4 Å². The summed E-state index contributed by atoms with van der Waals surface area (Å²) in [5.41, 5.74) is -2.01. The fourth-order valence-electron chi connectivity index (χ4n) is 4.12. The Morgan fingerprint density at radius 2 is 1.42 bits per heavy atom. The summed E-state index contributed by atoms with van der Waals surface area (Å²) < 4.78 is 0. The smallest absolute Gasteiger partial charge is 0.162 e. The maximum absolute atomic E-state index is 12.7. The lowest BCUT2D eigenvalue weighted by Crippen LogP contribution is -2.46. The largest absolute Gasteiger partial charge is 0.393 e. The lowest BCUT2D eigenvalue weighted by Gasteiger charge is -2.41. The highest BCUT2D eigenvalue weighted by Gasteiger charge is 2.48. The van der Waals surface area contributed by atoms with Crippen molar-refractivity contribution in [1.82, 2.24) is 0 Å². The first-order valence-corrected chi connectivity index (χ1v) is 8.45. The van der Waals surface area contributed by atoms with Crippen LogP contribution in [0.5, 0.6) is 0 Å². The average Bonchev–Trinajstić information content (AvgIpc) is 2.33. The average molecular weight is 336 g/mol. The molecular weight excluding hydrogens is 308 g/mol. The molecule has 0 radical (unpaired) electrons. The van der Waals surface area contributed by atoms with Gasteiger partial charge >= 0.3 is 0 Å². The van der Waals surface area contributed by atoms with Crippen LogP contribution in [0.3, 0.4) is 0 Å². The summed E-state index contributed by atoms with van der Waals surface area (Å²) in [6.07, 6.45) is 1.17. The van der Waals surface area contributed by atoms with Gasteiger partial charge in [0.1, 0.15) is 17.2 Å². The van der Waals surface area contributed by atoms with Gasteiger partial charge in [-0.15, -0.1) is 0 Å². The normalized spacial score (nSPS) is 27.4. The maximum atomic E-state index is 12.7. The number of aliphatic hydroxyl groups is 2. The summed E-state index contributed by atoms with van der Waals surface area (Å²) in [6, 6.07) is 0. The van der Waals surface area contributed by atoms with E-state index in [1.54, 1.807) is 0 Å². The topological polar surface area (TPSA) is 91.7 Å². The molecular formula is C19H28O5. The number of hydrogen-bond donors (Lipinski definition) is 2. The van der Waals surface area contributed by atoms with Crippen molar-refractivity contribution >= 4 is 17.3 Å². The molecule has 0 aromatic carbocycles. The van der Waals surface area contributed by atoms with Crippen LogP contribution in [0.25, 0.3) is 0 Å². The molecule has 24 heavy (non-hydrogen) atoms. The minimum absolute atomic E-state index is 0.0655. The molecule has 2 rings (SSSR count). The quantitative estimate of drug-likeness (QED) is 0.769. The van der Waals surface area contributed by atoms with Gasteiger partial charge in [0.05, 0.1) is 12.5 Å². The Morgan fingerprint density at radius 3 is 1.88 bits per heavy atom. The lowest BCUT2D eigenvalue weighted by atomic mass is 9.62. The molecule has 1 fully saturated rings. The molecule has 0 saturated heterocycles. The minimum Gasteiger partial charge on any atom is -0.393 e. The van der Waals surface area contributed by atoms with Crippen LogP contribution in [0.15, 0.2) is 11.1 Å². The van der Waals surface area contributed by atoms with Crippen molar-refractivity contribution in [3.8, 4) is 0 Å². The van der Waals surface area contributed by atoms with Gasteiger partial charge in [-0.1, -0.05) is 27.7 Å². The van der Waals surface area contributed by atoms with E-state index >= 15 is 0 Å². The van der Waals surface area contributed by atoms with Gasteiger partial charge in [-0.2, -0.15) is 0 Å². The van der Waals surface area contributed by atoms with Gasteiger partial charge in [-0.05, 0) is 29.7 Å². The van der Waals surface area contributed by atoms with Gasteiger partial charge in [0.2, 0.25) is 0 Å². The first-order chi connectivity index (χ1) is 10.8. The molecule has 2 N–H and O–H groups in total.